The van der Waals surface area contributed by atoms with Crippen LogP contribution in [0.15, 0.2) is 30.5 Å². The Morgan fingerprint density at radius 1 is 1.29 bits per heavy atom. The van der Waals surface area contributed by atoms with E-state index in [1.165, 1.54) is 10.9 Å². The van der Waals surface area contributed by atoms with Crippen molar-refractivity contribution < 1.29 is 4.79 Å². The van der Waals surface area contributed by atoms with E-state index in [1.54, 1.807) is 0 Å². The molecular weight excluding hydrogens is 214 g/mol. The van der Waals surface area contributed by atoms with Crippen molar-refractivity contribution in [2.75, 3.05) is 13.1 Å². The minimum absolute atomic E-state index is 0.0843. The van der Waals surface area contributed by atoms with Crippen LogP contribution in [-0.4, -0.2) is 30.0 Å². The van der Waals surface area contributed by atoms with Gasteiger partial charge in [0.05, 0.1) is 6.54 Å². The first-order valence-corrected chi connectivity index (χ1v) is 5.88. The predicted molar refractivity (Wildman–Crippen MR) is 66.8 cm³/mol. The number of carbonyl (C=O) groups excluding carboxylic acids is 1. The van der Waals surface area contributed by atoms with Crippen molar-refractivity contribution in [3.63, 3.8) is 0 Å². The van der Waals surface area contributed by atoms with E-state index in [4.69, 9.17) is 0 Å². The fourth-order valence-corrected chi connectivity index (χ4v) is 2.38. The largest absolute Gasteiger partial charge is 0.361 e. The Bertz CT molecular complexity index is 546. The number of aromatic amines is 1. The maximum atomic E-state index is 11.3. The van der Waals surface area contributed by atoms with Crippen LogP contribution in [0.2, 0.25) is 0 Å². The normalized spacial score (nSPS) is 20.5. The van der Waals surface area contributed by atoms with Crippen molar-refractivity contribution in [3.8, 4) is 0 Å². The number of para-hydroxylation sites is 1. The van der Waals surface area contributed by atoms with Gasteiger partial charge in [-0.2, -0.15) is 0 Å². The number of nitrogens with one attached hydrogen (secondary N) is 3. The average molecular weight is 229 g/mol. The average Bonchev–Trinajstić information content (AvgIpc) is 2.73. The zero-order valence-corrected chi connectivity index (χ0v) is 9.49. The molecule has 17 heavy (non-hydrogen) atoms. The first kappa shape index (κ1) is 10.4. The quantitative estimate of drug-likeness (QED) is 0.713. The van der Waals surface area contributed by atoms with Crippen LogP contribution in [0.5, 0.6) is 0 Å². The standard InChI is InChI=1S/C13H15N3O/c17-13-8-14-7-10(16-13)5-9-6-15-12-4-2-1-3-11(9)12/h1-4,6,10,14-15H,5,7-8H2,(H,16,17)/t10-/m1/s1. The second-order valence-corrected chi connectivity index (χ2v) is 4.46. The summed E-state index contributed by atoms with van der Waals surface area (Å²) in [4.78, 5) is 14.5. The van der Waals surface area contributed by atoms with Crippen LogP contribution < -0.4 is 10.6 Å². The lowest BCUT2D eigenvalue weighted by Crippen LogP contribution is -2.52. The van der Waals surface area contributed by atoms with Gasteiger partial charge in [-0.3, -0.25) is 4.79 Å². The highest BCUT2D eigenvalue weighted by Crippen LogP contribution is 2.19. The van der Waals surface area contributed by atoms with E-state index in [2.05, 4.69) is 27.8 Å². The number of benzene rings is 1. The summed E-state index contributed by atoms with van der Waals surface area (Å²) in [6, 6.07) is 8.43. The van der Waals surface area contributed by atoms with Crippen LogP contribution >= 0.6 is 0 Å². The second kappa shape index (κ2) is 4.22. The third kappa shape index (κ3) is 2.03. The lowest BCUT2D eigenvalue weighted by Gasteiger charge is -2.23. The Hall–Kier alpha value is -1.81. The third-order valence-electron chi connectivity index (χ3n) is 3.18. The summed E-state index contributed by atoms with van der Waals surface area (Å²) in [5.41, 5.74) is 2.41. The van der Waals surface area contributed by atoms with E-state index >= 15 is 0 Å². The monoisotopic (exact) mass is 229 g/mol. The topological polar surface area (TPSA) is 56.9 Å². The van der Waals surface area contributed by atoms with Gasteiger partial charge in [0.25, 0.3) is 0 Å². The van der Waals surface area contributed by atoms with Gasteiger partial charge in [-0.15, -0.1) is 0 Å². The van der Waals surface area contributed by atoms with Crippen LogP contribution in [0.1, 0.15) is 5.56 Å². The van der Waals surface area contributed by atoms with Gasteiger partial charge in [-0.05, 0) is 18.1 Å². The fourth-order valence-electron chi connectivity index (χ4n) is 2.38. The van der Waals surface area contributed by atoms with Gasteiger partial charge in [-0.25, -0.2) is 0 Å². The molecule has 1 aromatic heterocycles. The maximum absolute atomic E-state index is 11.3. The molecule has 0 radical (unpaired) electrons. The highest BCUT2D eigenvalue weighted by Gasteiger charge is 2.18. The first-order valence-electron chi connectivity index (χ1n) is 5.88. The van der Waals surface area contributed by atoms with Gasteiger partial charge in [0.2, 0.25) is 5.91 Å². The lowest BCUT2D eigenvalue weighted by molar-refractivity contribution is -0.122. The number of carbonyl (C=O) groups is 1. The number of hydrogen-bond donors (Lipinski definition) is 3. The van der Waals surface area contributed by atoms with Crippen molar-refractivity contribution >= 4 is 16.8 Å². The Balaban J connectivity index is 1.82. The van der Waals surface area contributed by atoms with Crippen LogP contribution in [0.25, 0.3) is 10.9 Å². The van der Waals surface area contributed by atoms with E-state index in [0.717, 1.165) is 18.5 Å². The van der Waals surface area contributed by atoms with Gasteiger partial charge in [-0.1, -0.05) is 18.2 Å². The molecule has 4 heteroatoms. The van der Waals surface area contributed by atoms with Crippen molar-refractivity contribution in [3.05, 3.63) is 36.0 Å². The molecule has 88 valence electrons. The molecule has 1 saturated heterocycles. The van der Waals surface area contributed by atoms with Crippen LogP contribution in [-0.2, 0) is 11.2 Å². The number of hydrogen-bond acceptors (Lipinski definition) is 2. The number of aromatic nitrogens is 1. The first-order chi connectivity index (χ1) is 8.33. The molecule has 0 saturated carbocycles. The number of piperazine rings is 1. The van der Waals surface area contributed by atoms with Crippen LogP contribution in [0, 0.1) is 0 Å². The third-order valence-corrected chi connectivity index (χ3v) is 3.18. The summed E-state index contributed by atoms with van der Waals surface area (Å²) in [5.74, 6) is 0.0843. The van der Waals surface area contributed by atoms with Gasteiger partial charge in [0.15, 0.2) is 0 Å². The molecule has 1 fully saturated rings. The minimum atomic E-state index is 0.0843. The summed E-state index contributed by atoms with van der Waals surface area (Å²) in [5, 5.41) is 7.37. The Morgan fingerprint density at radius 3 is 3.06 bits per heavy atom. The van der Waals surface area contributed by atoms with Crippen LogP contribution in [0.4, 0.5) is 0 Å². The van der Waals surface area contributed by atoms with Crippen molar-refractivity contribution in [2.45, 2.75) is 12.5 Å². The smallest absolute Gasteiger partial charge is 0.234 e. The fraction of sp³-hybridized carbons (Fsp3) is 0.308. The molecule has 0 spiro atoms. The van der Waals surface area contributed by atoms with Gasteiger partial charge >= 0.3 is 0 Å². The molecule has 1 aliphatic rings. The zero-order valence-electron chi connectivity index (χ0n) is 9.49. The molecule has 2 heterocycles. The predicted octanol–water partition coefficient (Wildman–Crippen LogP) is 0.798. The second-order valence-electron chi connectivity index (χ2n) is 4.46. The number of rotatable bonds is 2. The van der Waals surface area contributed by atoms with Crippen molar-refractivity contribution in [1.29, 1.82) is 0 Å². The van der Waals surface area contributed by atoms with Gasteiger partial charge in [0, 0.05) is 29.7 Å². The Morgan fingerprint density at radius 2 is 2.18 bits per heavy atom. The number of H-pyrrole nitrogens is 1. The van der Waals surface area contributed by atoms with Crippen LogP contribution in [0.3, 0.4) is 0 Å². The molecule has 0 bridgehead atoms. The molecule has 1 atom stereocenters. The summed E-state index contributed by atoms with van der Waals surface area (Å²) in [6.07, 6.45) is 2.90. The van der Waals surface area contributed by atoms with Gasteiger partial charge < -0.3 is 15.6 Å². The summed E-state index contributed by atoms with van der Waals surface area (Å²) >= 11 is 0. The molecular formula is C13H15N3O. The molecule has 4 nitrogen and oxygen atoms in total. The van der Waals surface area contributed by atoms with Gasteiger partial charge in [0.1, 0.15) is 0 Å². The van der Waals surface area contributed by atoms with Crippen molar-refractivity contribution in [2.24, 2.45) is 0 Å². The minimum Gasteiger partial charge on any atom is -0.361 e. The number of amides is 1. The van der Waals surface area contributed by atoms with E-state index in [0.29, 0.717) is 6.54 Å². The summed E-state index contributed by atoms with van der Waals surface area (Å²) in [6.45, 7) is 1.27. The molecule has 0 aliphatic carbocycles. The van der Waals surface area contributed by atoms with E-state index in [9.17, 15) is 4.79 Å². The molecule has 1 aliphatic heterocycles. The zero-order chi connectivity index (χ0) is 11.7. The summed E-state index contributed by atoms with van der Waals surface area (Å²) in [7, 11) is 0. The van der Waals surface area contributed by atoms with E-state index < -0.39 is 0 Å². The Kier molecular flexibility index (Phi) is 2.57. The van der Waals surface area contributed by atoms with E-state index in [1.807, 2.05) is 18.3 Å². The molecule has 2 aromatic rings. The SMILES string of the molecule is O=C1CNC[C@@H](Cc2c[nH]c3ccccc23)N1. The Labute approximate surface area is 99.4 Å². The molecule has 3 N–H and O–H groups in total. The molecule has 1 amide bonds. The number of fused-ring (bicyclic) bond motifs is 1. The highest BCUT2D eigenvalue weighted by atomic mass is 16.2. The van der Waals surface area contributed by atoms with Crippen molar-refractivity contribution in [1.82, 2.24) is 15.6 Å². The lowest BCUT2D eigenvalue weighted by atomic mass is 10.0. The molecule has 1 aromatic carbocycles. The highest BCUT2D eigenvalue weighted by molar-refractivity contribution is 5.83. The molecule has 0 unspecified atom stereocenters. The maximum Gasteiger partial charge on any atom is 0.234 e. The summed E-state index contributed by atoms with van der Waals surface area (Å²) < 4.78 is 0. The molecule has 3 rings (SSSR count). The van der Waals surface area contributed by atoms with E-state index in [-0.39, 0.29) is 11.9 Å².